The molecule has 0 aliphatic carbocycles. The van der Waals surface area contributed by atoms with Crippen molar-refractivity contribution >= 4 is 11.9 Å². The molecular formula is C30H58O4. The summed E-state index contributed by atoms with van der Waals surface area (Å²) in [4.78, 5) is 24.2. The van der Waals surface area contributed by atoms with E-state index in [1.165, 1.54) is 64.2 Å². The van der Waals surface area contributed by atoms with E-state index in [0.29, 0.717) is 24.2 Å². The van der Waals surface area contributed by atoms with Crippen molar-refractivity contribution in [2.45, 2.75) is 157 Å². The van der Waals surface area contributed by atoms with Crippen LogP contribution in [0.3, 0.4) is 0 Å². The first kappa shape index (κ1) is 32.9. The minimum absolute atomic E-state index is 0.00187. The molecule has 0 aliphatic rings. The van der Waals surface area contributed by atoms with Gasteiger partial charge in [0.05, 0.1) is 18.1 Å². The zero-order chi connectivity index (χ0) is 25.9. The Kier molecular flexibility index (Phi) is 19.5. The Morgan fingerprint density at radius 2 is 0.941 bits per heavy atom. The standard InChI is InChI=1S/C30H58O4/c1-23(2)27(29(24(3)4)30(32)34-26(7)8)21-19-17-15-13-11-9-10-12-14-16-18-20-22-28(31)33-25(5)6/h23-27,29H,9-22H2,1-8H3. The summed E-state index contributed by atoms with van der Waals surface area (Å²) in [6.45, 7) is 16.5. The van der Waals surface area contributed by atoms with Gasteiger partial charge < -0.3 is 9.47 Å². The summed E-state index contributed by atoms with van der Waals surface area (Å²) in [5.41, 5.74) is 0. The molecule has 0 aromatic rings. The Hall–Kier alpha value is -1.06. The highest BCUT2D eigenvalue weighted by Crippen LogP contribution is 2.33. The molecule has 0 saturated carbocycles. The van der Waals surface area contributed by atoms with E-state index in [9.17, 15) is 9.59 Å². The van der Waals surface area contributed by atoms with Gasteiger partial charge in [0.1, 0.15) is 0 Å². The van der Waals surface area contributed by atoms with Gasteiger partial charge in [-0.1, -0.05) is 98.3 Å². The molecule has 0 N–H and O–H groups in total. The minimum atomic E-state index is -0.0527. The highest BCUT2D eigenvalue weighted by atomic mass is 16.5. The number of ether oxygens (including phenoxy) is 2. The van der Waals surface area contributed by atoms with Crippen molar-refractivity contribution in [1.82, 2.24) is 0 Å². The van der Waals surface area contributed by atoms with Crippen molar-refractivity contribution in [3.8, 4) is 0 Å². The Balaban J connectivity index is 3.83. The maximum atomic E-state index is 12.7. The van der Waals surface area contributed by atoms with Crippen molar-refractivity contribution in [1.29, 1.82) is 0 Å². The highest BCUT2D eigenvalue weighted by molar-refractivity contribution is 5.73. The smallest absolute Gasteiger partial charge is 0.309 e. The fraction of sp³-hybridized carbons (Fsp3) is 0.933. The van der Waals surface area contributed by atoms with Crippen LogP contribution in [0.15, 0.2) is 0 Å². The second kappa shape index (κ2) is 20.2. The van der Waals surface area contributed by atoms with Gasteiger partial charge in [0, 0.05) is 6.42 Å². The SMILES string of the molecule is CC(C)OC(=O)CCCCCCCCCCCCCCC(C(C)C)C(C(=O)OC(C)C)C(C)C. The molecule has 0 rings (SSSR count). The van der Waals surface area contributed by atoms with Crippen LogP contribution >= 0.6 is 0 Å². The van der Waals surface area contributed by atoms with E-state index in [1.807, 2.05) is 27.7 Å². The summed E-state index contributed by atoms with van der Waals surface area (Å²) >= 11 is 0. The molecule has 0 aromatic heterocycles. The van der Waals surface area contributed by atoms with Gasteiger partial charge in [0.2, 0.25) is 0 Å². The van der Waals surface area contributed by atoms with E-state index < -0.39 is 0 Å². The summed E-state index contributed by atoms with van der Waals surface area (Å²) in [5.74, 6) is 1.18. The van der Waals surface area contributed by atoms with Gasteiger partial charge in [-0.15, -0.1) is 0 Å². The van der Waals surface area contributed by atoms with Gasteiger partial charge >= 0.3 is 11.9 Å². The van der Waals surface area contributed by atoms with Crippen molar-refractivity contribution < 1.29 is 19.1 Å². The van der Waals surface area contributed by atoms with Gasteiger partial charge in [-0.25, -0.2) is 0 Å². The lowest BCUT2D eigenvalue weighted by Crippen LogP contribution is -2.34. The van der Waals surface area contributed by atoms with Crippen LogP contribution in [0.5, 0.6) is 0 Å². The third kappa shape index (κ3) is 17.4. The van der Waals surface area contributed by atoms with Gasteiger partial charge in [-0.2, -0.15) is 0 Å². The summed E-state index contributed by atoms with van der Waals surface area (Å²) in [6, 6.07) is 0. The Morgan fingerprint density at radius 1 is 0.529 bits per heavy atom. The molecular weight excluding hydrogens is 424 g/mol. The number of unbranched alkanes of at least 4 members (excludes halogenated alkanes) is 11. The first-order valence-corrected chi connectivity index (χ1v) is 14.5. The molecule has 2 unspecified atom stereocenters. The molecule has 4 nitrogen and oxygen atoms in total. The fourth-order valence-electron chi connectivity index (χ4n) is 4.92. The lowest BCUT2D eigenvalue weighted by Gasteiger charge is -2.32. The lowest BCUT2D eigenvalue weighted by molar-refractivity contribution is -0.157. The maximum absolute atomic E-state index is 12.7. The van der Waals surface area contributed by atoms with Crippen molar-refractivity contribution in [2.24, 2.45) is 23.7 Å². The molecule has 0 saturated heterocycles. The maximum Gasteiger partial charge on any atom is 0.309 e. The topological polar surface area (TPSA) is 52.6 Å². The second-order valence-electron chi connectivity index (χ2n) is 11.5. The van der Waals surface area contributed by atoms with Gasteiger partial charge in [-0.3, -0.25) is 9.59 Å². The third-order valence-corrected chi connectivity index (χ3v) is 6.70. The largest absolute Gasteiger partial charge is 0.463 e. The van der Waals surface area contributed by atoms with Gasteiger partial charge in [-0.05, 0) is 58.3 Å². The van der Waals surface area contributed by atoms with Crippen molar-refractivity contribution in [3.63, 3.8) is 0 Å². The molecule has 0 aromatic carbocycles. The highest BCUT2D eigenvalue weighted by Gasteiger charge is 2.34. The number of hydrogen-bond acceptors (Lipinski definition) is 4. The predicted octanol–water partition coefficient (Wildman–Crippen LogP) is 8.90. The van der Waals surface area contributed by atoms with E-state index >= 15 is 0 Å². The van der Waals surface area contributed by atoms with Crippen LogP contribution in [-0.2, 0) is 19.1 Å². The third-order valence-electron chi connectivity index (χ3n) is 6.70. The van der Waals surface area contributed by atoms with E-state index in [1.54, 1.807) is 0 Å². The molecule has 0 aliphatic heterocycles. The van der Waals surface area contributed by atoms with E-state index in [-0.39, 0.29) is 30.1 Å². The number of rotatable bonds is 21. The minimum Gasteiger partial charge on any atom is -0.463 e. The Labute approximate surface area is 212 Å². The normalized spacial score (nSPS) is 13.6. The zero-order valence-electron chi connectivity index (χ0n) is 24.0. The molecule has 0 heterocycles. The number of hydrogen-bond donors (Lipinski definition) is 0. The quantitative estimate of drug-likeness (QED) is 0.121. The van der Waals surface area contributed by atoms with Crippen molar-refractivity contribution in [2.75, 3.05) is 0 Å². The van der Waals surface area contributed by atoms with E-state index in [0.717, 1.165) is 19.3 Å². The average molecular weight is 483 g/mol. The molecule has 34 heavy (non-hydrogen) atoms. The van der Waals surface area contributed by atoms with Crippen LogP contribution in [0.25, 0.3) is 0 Å². The van der Waals surface area contributed by atoms with Crippen molar-refractivity contribution in [3.05, 3.63) is 0 Å². The lowest BCUT2D eigenvalue weighted by atomic mass is 9.74. The van der Waals surface area contributed by atoms with E-state index in [2.05, 4.69) is 27.7 Å². The summed E-state index contributed by atoms with van der Waals surface area (Å²) < 4.78 is 10.8. The first-order chi connectivity index (χ1) is 16.1. The van der Waals surface area contributed by atoms with Crippen LogP contribution in [0, 0.1) is 23.7 Å². The predicted molar refractivity (Wildman–Crippen MR) is 144 cm³/mol. The number of carbonyl (C=O) groups is 2. The summed E-state index contributed by atoms with van der Waals surface area (Å²) in [5, 5.41) is 0. The van der Waals surface area contributed by atoms with Crippen LogP contribution in [0.4, 0.5) is 0 Å². The van der Waals surface area contributed by atoms with Crippen LogP contribution in [0.2, 0.25) is 0 Å². The summed E-state index contributed by atoms with van der Waals surface area (Å²) in [7, 11) is 0. The monoisotopic (exact) mass is 482 g/mol. The Morgan fingerprint density at radius 3 is 1.32 bits per heavy atom. The van der Waals surface area contributed by atoms with E-state index in [4.69, 9.17) is 9.47 Å². The first-order valence-electron chi connectivity index (χ1n) is 14.5. The molecule has 0 radical (unpaired) electrons. The number of esters is 2. The number of carbonyl (C=O) groups excluding carboxylic acids is 2. The zero-order valence-corrected chi connectivity index (χ0v) is 24.0. The Bertz CT molecular complexity index is 510. The molecule has 0 bridgehead atoms. The average Bonchev–Trinajstić information content (AvgIpc) is 2.71. The molecule has 2 atom stereocenters. The molecule has 4 heteroatoms. The molecule has 0 fully saturated rings. The fourth-order valence-corrected chi connectivity index (χ4v) is 4.92. The summed E-state index contributed by atoms with van der Waals surface area (Å²) in [6.07, 6.45) is 16.7. The van der Waals surface area contributed by atoms with Crippen LogP contribution in [-0.4, -0.2) is 24.1 Å². The molecule has 0 amide bonds. The van der Waals surface area contributed by atoms with Crippen LogP contribution < -0.4 is 0 Å². The van der Waals surface area contributed by atoms with Crippen LogP contribution in [0.1, 0.15) is 145 Å². The second-order valence-corrected chi connectivity index (χ2v) is 11.5. The molecule has 202 valence electrons. The molecule has 0 spiro atoms. The van der Waals surface area contributed by atoms with Gasteiger partial charge in [0.25, 0.3) is 0 Å². The van der Waals surface area contributed by atoms with Gasteiger partial charge in [0.15, 0.2) is 0 Å².